The van der Waals surface area contributed by atoms with Gasteiger partial charge in [-0.15, -0.1) is 0 Å². The van der Waals surface area contributed by atoms with Gasteiger partial charge in [0.15, 0.2) is 0 Å². The van der Waals surface area contributed by atoms with E-state index in [4.69, 9.17) is 5.11 Å². The van der Waals surface area contributed by atoms with Crippen molar-refractivity contribution in [3.8, 4) is 0 Å². The van der Waals surface area contributed by atoms with Crippen LogP contribution < -0.4 is 5.32 Å². The van der Waals surface area contributed by atoms with Crippen LogP contribution in [0.3, 0.4) is 0 Å². The predicted molar refractivity (Wildman–Crippen MR) is 100 cm³/mol. The number of hydrogen-bond acceptors (Lipinski definition) is 2. The Hall–Kier alpha value is -0.570. The molecular weight excluding hydrogens is 286 g/mol. The zero-order valence-corrected chi connectivity index (χ0v) is 15.6. The first-order valence-electron chi connectivity index (χ1n) is 10.2. The van der Waals surface area contributed by atoms with Crippen molar-refractivity contribution in [2.75, 3.05) is 13.1 Å². The molecule has 1 aliphatic heterocycles. The fraction of sp³-hybridized carbons (Fsp3) is 0.950. The number of hydrogen-bond donors (Lipinski definition) is 2. The molecule has 2 N–H and O–H groups in total. The maximum absolute atomic E-state index is 10.3. The first-order chi connectivity index (χ1) is 11.3. The topological polar surface area (TPSA) is 49.3 Å². The molecule has 138 valence electrons. The van der Waals surface area contributed by atoms with E-state index in [0.717, 1.165) is 12.8 Å². The van der Waals surface area contributed by atoms with Crippen LogP contribution in [0.5, 0.6) is 0 Å². The van der Waals surface area contributed by atoms with Crippen molar-refractivity contribution >= 4 is 5.97 Å². The fourth-order valence-corrected chi connectivity index (χ4v) is 2.92. The average molecular weight is 328 g/mol. The largest absolute Gasteiger partial charge is 0.481 e. The van der Waals surface area contributed by atoms with Crippen LogP contribution in [0.2, 0.25) is 0 Å². The third-order valence-electron chi connectivity index (χ3n) is 4.45. The minimum Gasteiger partial charge on any atom is -0.481 e. The standard InChI is InChI=1S/C14H28O2.C6H13N/c1-2-3-4-5-6-7-8-9-10-11-12-13-14(15)16;1-2-4-6-7-5-3-1/h2-13H2,1H3,(H,15,16);7H,1-6H2. The summed E-state index contributed by atoms with van der Waals surface area (Å²) in [6, 6.07) is 0. The molecule has 0 aromatic rings. The monoisotopic (exact) mass is 327 g/mol. The highest BCUT2D eigenvalue weighted by molar-refractivity contribution is 5.66. The quantitative estimate of drug-likeness (QED) is 0.437. The molecule has 0 atom stereocenters. The molecule has 0 spiro atoms. The number of nitrogens with one attached hydrogen (secondary N) is 1. The minimum atomic E-state index is -0.657. The molecule has 0 aromatic heterocycles. The van der Waals surface area contributed by atoms with Crippen molar-refractivity contribution in [1.29, 1.82) is 0 Å². The van der Waals surface area contributed by atoms with Gasteiger partial charge in [0, 0.05) is 6.42 Å². The summed E-state index contributed by atoms with van der Waals surface area (Å²) in [5, 5.41) is 11.8. The number of aliphatic carboxylic acids is 1. The summed E-state index contributed by atoms with van der Waals surface area (Å²) in [5.74, 6) is -0.657. The number of rotatable bonds is 12. The molecule has 3 nitrogen and oxygen atoms in total. The molecule has 0 aliphatic carbocycles. The summed E-state index contributed by atoms with van der Waals surface area (Å²) in [7, 11) is 0. The van der Waals surface area contributed by atoms with E-state index in [1.165, 1.54) is 96.6 Å². The van der Waals surface area contributed by atoms with E-state index in [-0.39, 0.29) is 0 Å². The van der Waals surface area contributed by atoms with Crippen molar-refractivity contribution in [2.45, 2.75) is 110 Å². The molecule has 1 rings (SSSR count). The summed E-state index contributed by atoms with van der Waals surface area (Å²) in [5.41, 5.74) is 0. The predicted octanol–water partition coefficient (Wildman–Crippen LogP) is 5.92. The van der Waals surface area contributed by atoms with E-state index < -0.39 is 5.97 Å². The smallest absolute Gasteiger partial charge is 0.303 e. The zero-order chi connectivity index (χ0) is 17.0. The lowest BCUT2D eigenvalue weighted by Crippen LogP contribution is -2.12. The molecule has 1 heterocycles. The second-order valence-electron chi connectivity index (χ2n) is 6.84. The van der Waals surface area contributed by atoms with Crippen LogP contribution in [0.4, 0.5) is 0 Å². The lowest BCUT2D eigenvalue weighted by atomic mass is 10.1. The molecule has 0 unspecified atom stereocenters. The zero-order valence-electron chi connectivity index (χ0n) is 15.6. The Kier molecular flexibility index (Phi) is 19.0. The molecule has 3 heteroatoms. The summed E-state index contributed by atoms with van der Waals surface area (Å²) >= 11 is 0. The second kappa shape index (κ2) is 19.5. The third-order valence-corrected chi connectivity index (χ3v) is 4.45. The van der Waals surface area contributed by atoms with Crippen molar-refractivity contribution in [3.05, 3.63) is 0 Å². The average Bonchev–Trinajstić information content (AvgIpc) is 2.86. The van der Waals surface area contributed by atoms with Gasteiger partial charge in [0.1, 0.15) is 0 Å². The molecule has 0 amide bonds. The van der Waals surface area contributed by atoms with E-state index >= 15 is 0 Å². The Morgan fingerprint density at radius 2 is 1.17 bits per heavy atom. The maximum atomic E-state index is 10.3. The van der Waals surface area contributed by atoms with Crippen molar-refractivity contribution in [2.24, 2.45) is 0 Å². The van der Waals surface area contributed by atoms with Crippen LogP contribution in [0, 0.1) is 0 Å². The lowest BCUT2D eigenvalue weighted by molar-refractivity contribution is -0.137. The first kappa shape index (κ1) is 22.4. The minimum absolute atomic E-state index is 0.344. The lowest BCUT2D eigenvalue weighted by Gasteiger charge is -2.01. The van der Waals surface area contributed by atoms with E-state index in [0.29, 0.717) is 6.42 Å². The van der Waals surface area contributed by atoms with Crippen LogP contribution in [0.25, 0.3) is 0 Å². The van der Waals surface area contributed by atoms with Gasteiger partial charge in [-0.05, 0) is 32.4 Å². The van der Waals surface area contributed by atoms with Crippen LogP contribution >= 0.6 is 0 Å². The van der Waals surface area contributed by atoms with E-state index in [9.17, 15) is 4.79 Å². The normalized spacial score (nSPS) is 14.7. The Bertz CT molecular complexity index is 224. The van der Waals surface area contributed by atoms with E-state index in [2.05, 4.69) is 12.2 Å². The maximum Gasteiger partial charge on any atom is 0.303 e. The van der Waals surface area contributed by atoms with Crippen LogP contribution in [0.15, 0.2) is 0 Å². The molecule has 1 aliphatic rings. The van der Waals surface area contributed by atoms with Gasteiger partial charge in [-0.3, -0.25) is 4.79 Å². The van der Waals surface area contributed by atoms with Crippen LogP contribution in [-0.4, -0.2) is 24.2 Å². The molecule has 0 bridgehead atoms. The van der Waals surface area contributed by atoms with Crippen molar-refractivity contribution < 1.29 is 9.90 Å². The van der Waals surface area contributed by atoms with Crippen LogP contribution in [0.1, 0.15) is 110 Å². The Balaban J connectivity index is 0.000000568. The summed E-state index contributed by atoms with van der Waals surface area (Å²) in [6.45, 7) is 4.75. The SMILES string of the molecule is C1CCCNCC1.CCCCCCCCCCCCCC(=O)O. The summed E-state index contributed by atoms with van der Waals surface area (Å²) < 4.78 is 0. The Labute approximate surface area is 144 Å². The van der Waals surface area contributed by atoms with Crippen molar-refractivity contribution in [3.63, 3.8) is 0 Å². The summed E-state index contributed by atoms with van der Waals surface area (Å²) in [4.78, 5) is 10.3. The van der Waals surface area contributed by atoms with Gasteiger partial charge in [-0.1, -0.05) is 84.0 Å². The number of carboxylic acids is 1. The molecule has 1 fully saturated rings. The van der Waals surface area contributed by atoms with E-state index in [1.54, 1.807) is 0 Å². The van der Waals surface area contributed by atoms with Gasteiger partial charge < -0.3 is 10.4 Å². The molecule has 0 aromatic carbocycles. The Morgan fingerprint density at radius 1 is 0.739 bits per heavy atom. The fourth-order valence-electron chi connectivity index (χ4n) is 2.92. The van der Waals surface area contributed by atoms with Gasteiger partial charge >= 0.3 is 5.97 Å². The first-order valence-corrected chi connectivity index (χ1v) is 10.2. The second-order valence-corrected chi connectivity index (χ2v) is 6.84. The van der Waals surface area contributed by atoms with Crippen LogP contribution in [-0.2, 0) is 4.79 Å². The molecular formula is C20H41NO2. The van der Waals surface area contributed by atoms with Gasteiger partial charge in [-0.2, -0.15) is 0 Å². The highest BCUT2D eigenvalue weighted by atomic mass is 16.4. The number of carboxylic acid groups (broad SMARTS) is 1. The van der Waals surface area contributed by atoms with Gasteiger partial charge in [0.2, 0.25) is 0 Å². The molecule has 0 radical (unpaired) electrons. The molecule has 1 saturated heterocycles. The third kappa shape index (κ3) is 21.4. The molecule has 23 heavy (non-hydrogen) atoms. The number of unbranched alkanes of at least 4 members (excludes halogenated alkanes) is 10. The molecule has 0 saturated carbocycles. The highest BCUT2D eigenvalue weighted by Gasteiger charge is 1.96. The van der Waals surface area contributed by atoms with E-state index in [1.807, 2.05) is 0 Å². The van der Waals surface area contributed by atoms with Gasteiger partial charge in [0.05, 0.1) is 0 Å². The highest BCUT2D eigenvalue weighted by Crippen LogP contribution is 2.11. The Morgan fingerprint density at radius 3 is 1.61 bits per heavy atom. The number of carbonyl (C=O) groups is 1. The van der Waals surface area contributed by atoms with Gasteiger partial charge in [-0.25, -0.2) is 0 Å². The van der Waals surface area contributed by atoms with Crippen molar-refractivity contribution in [1.82, 2.24) is 5.32 Å². The summed E-state index contributed by atoms with van der Waals surface area (Å²) in [6.07, 6.45) is 20.0. The van der Waals surface area contributed by atoms with Gasteiger partial charge in [0.25, 0.3) is 0 Å².